The van der Waals surface area contributed by atoms with Gasteiger partial charge in [-0.15, -0.1) is 0 Å². The summed E-state index contributed by atoms with van der Waals surface area (Å²) in [6.07, 6.45) is 1.57. The molecule has 1 saturated heterocycles. The maximum absolute atomic E-state index is 11.8. The fraction of sp³-hybridized carbons (Fsp3) is 0.208. The van der Waals surface area contributed by atoms with Gasteiger partial charge in [-0.25, -0.2) is 0 Å². The van der Waals surface area contributed by atoms with Crippen LogP contribution in [0.4, 0.5) is 0 Å². The lowest BCUT2D eigenvalue weighted by atomic mass is 9.94. The minimum absolute atomic E-state index is 0.106. The van der Waals surface area contributed by atoms with Gasteiger partial charge in [0, 0.05) is 11.6 Å². The SMILES string of the molecule is O=C(O)C1CCCN1C(c1ccc(Cl)cc1)c1ccc(-c2ccccc2)cc1. The van der Waals surface area contributed by atoms with Crippen LogP contribution in [0.15, 0.2) is 78.9 Å². The summed E-state index contributed by atoms with van der Waals surface area (Å²) < 4.78 is 0. The molecule has 0 amide bonds. The van der Waals surface area contributed by atoms with Crippen LogP contribution in [0.25, 0.3) is 11.1 Å². The summed E-state index contributed by atoms with van der Waals surface area (Å²) in [5.74, 6) is -0.752. The minimum Gasteiger partial charge on any atom is -0.480 e. The fourth-order valence-electron chi connectivity index (χ4n) is 4.07. The number of carbonyl (C=O) groups is 1. The normalized spacial score (nSPS) is 18.1. The number of nitrogens with zero attached hydrogens (tertiary/aromatic N) is 1. The van der Waals surface area contributed by atoms with Crippen LogP contribution < -0.4 is 0 Å². The molecule has 0 aliphatic carbocycles. The van der Waals surface area contributed by atoms with E-state index in [1.54, 1.807) is 0 Å². The van der Waals surface area contributed by atoms with Crippen LogP contribution in [0, 0.1) is 0 Å². The number of aliphatic carboxylic acids is 1. The molecule has 3 nitrogen and oxygen atoms in total. The van der Waals surface area contributed by atoms with Crippen molar-refractivity contribution in [2.75, 3.05) is 6.54 Å². The molecular formula is C24H22ClNO2. The maximum Gasteiger partial charge on any atom is 0.320 e. The van der Waals surface area contributed by atoms with Crippen molar-refractivity contribution < 1.29 is 9.90 Å². The van der Waals surface area contributed by atoms with Gasteiger partial charge in [0.05, 0.1) is 6.04 Å². The van der Waals surface area contributed by atoms with E-state index in [1.165, 1.54) is 5.56 Å². The van der Waals surface area contributed by atoms with E-state index in [4.69, 9.17) is 11.6 Å². The Hall–Kier alpha value is -2.62. The molecule has 1 aliphatic heterocycles. The van der Waals surface area contributed by atoms with Gasteiger partial charge in [-0.1, -0.05) is 78.3 Å². The number of hydrogen-bond acceptors (Lipinski definition) is 2. The molecule has 2 atom stereocenters. The van der Waals surface area contributed by atoms with Gasteiger partial charge in [-0.05, 0) is 47.2 Å². The summed E-state index contributed by atoms with van der Waals surface area (Å²) in [5.41, 5.74) is 4.47. The monoisotopic (exact) mass is 391 g/mol. The third-order valence-corrected chi connectivity index (χ3v) is 5.68. The first-order chi connectivity index (χ1) is 13.6. The number of rotatable bonds is 5. The first kappa shape index (κ1) is 18.7. The van der Waals surface area contributed by atoms with Crippen LogP contribution in [0.1, 0.15) is 30.0 Å². The van der Waals surface area contributed by atoms with Gasteiger partial charge in [-0.2, -0.15) is 0 Å². The van der Waals surface area contributed by atoms with Crippen molar-refractivity contribution in [2.24, 2.45) is 0 Å². The van der Waals surface area contributed by atoms with E-state index in [1.807, 2.05) is 42.5 Å². The summed E-state index contributed by atoms with van der Waals surface area (Å²) in [6.45, 7) is 0.769. The largest absolute Gasteiger partial charge is 0.480 e. The molecule has 3 aromatic carbocycles. The lowest BCUT2D eigenvalue weighted by Crippen LogP contribution is -2.39. The Labute approximate surface area is 170 Å². The summed E-state index contributed by atoms with van der Waals surface area (Å²) in [6, 6.07) is 25.8. The van der Waals surface area contributed by atoms with Crippen LogP contribution in [0.2, 0.25) is 5.02 Å². The van der Waals surface area contributed by atoms with Crippen molar-refractivity contribution in [3.8, 4) is 11.1 Å². The van der Waals surface area contributed by atoms with Crippen molar-refractivity contribution in [2.45, 2.75) is 24.9 Å². The second-order valence-electron chi connectivity index (χ2n) is 7.18. The van der Waals surface area contributed by atoms with Crippen LogP contribution in [-0.2, 0) is 4.79 Å². The Morgan fingerprint density at radius 3 is 2.07 bits per heavy atom. The molecule has 0 bridgehead atoms. The Kier molecular flexibility index (Phi) is 5.47. The topological polar surface area (TPSA) is 40.5 Å². The number of hydrogen-bond donors (Lipinski definition) is 1. The number of halogens is 1. The molecule has 0 spiro atoms. The number of carboxylic acids is 1. The molecule has 2 unspecified atom stereocenters. The highest BCUT2D eigenvalue weighted by molar-refractivity contribution is 6.30. The highest BCUT2D eigenvalue weighted by atomic mass is 35.5. The first-order valence-corrected chi connectivity index (χ1v) is 9.90. The quantitative estimate of drug-likeness (QED) is 0.611. The third kappa shape index (κ3) is 3.82. The van der Waals surface area contributed by atoms with Gasteiger partial charge >= 0.3 is 5.97 Å². The fourth-order valence-corrected chi connectivity index (χ4v) is 4.20. The van der Waals surface area contributed by atoms with Crippen molar-refractivity contribution in [3.63, 3.8) is 0 Å². The molecular weight excluding hydrogens is 370 g/mol. The molecule has 0 aromatic heterocycles. The van der Waals surface area contributed by atoms with Crippen molar-refractivity contribution >= 4 is 17.6 Å². The van der Waals surface area contributed by atoms with Crippen molar-refractivity contribution in [1.29, 1.82) is 0 Å². The molecule has 3 aromatic rings. The number of carboxylic acid groups (broad SMARTS) is 1. The smallest absolute Gasteiger partial charge is 0.320 e. The number of likely N-dealkylation sites (tertiary alicyclic amines) is 1. The molecule has 142 valence electrons. The Morgan fingerprint density at radius 1 is 0.893 bits per heavy atom. The zero-order valence-corrected chi connectivity index (χ0v) is 16.2. The lowest BCUT2D eigenvalue weighted by Gasteiger charge is -2.32. The Balaban J connectivity index is 1.73. The third-order valence-electron chi connectivity index (χ3n) is 5.43. The zero-order chi connectivity index (χ0) is 19.5. The van der Waals surface area contributed by atoms with E-state index in [9.17, 15) is 9.90 Å². The van der Waals surface area contributed by atoms with E-state index in [2.05, 4.69) is 41.3 Å². The Morgan fingerprint density at radius 2 is 1.46 bits per heavy atom. The van der Waals surface area contributed by atoms with E-state index in [-0.39, 0.29) is 6.04 Å². The molecule has 1 N–H and O–H groups in total. The predicted octanol–water partition coefficient (Wildman–Crippen LogP) is 5.65. The van der Waals surface area contributed by atoms with Gasteiger partial charge in [0.15, 0.2) is 0 Å². The van der Waals surface area contributed by atoms with Crippen molar-refractivity contribution in [1.82, 2.24) is 4.90 Å². The maximum atomic E-state index is 11.8. The van der Waals surface area contributed by atoms with Crippen LogP contribution in [-0.4, -0.2) is 28.6 Å². The molecule has 4 rings (SSSR count). The molecule has 1 fully saturated rings. The van der Waals surface area contributed by atoms with Gasteiger partial charge < -0.3 is 5.11 Å². The van der Waals surface area contributed by atoms with Gasteiger partial charge in [0.25, 0.3) is 0 Å². The molecule has 0 radical (unpaired) electrons. The van der Waals surface area contributed by atoms with Crippen LogP contribution in [0.3, 0.4) is 0 Å². The molecule has 0 saturated carbocycles. The van der Waals surface area contributed by atoms with Gasteiger partial charge in [0.2, 0.25) is 0 Å². The average Bonchev–Trinajstić information content (AvgIpc) is 3.21. The summed E-state index contributed by atoms with van der Waals surface area (Å²) in [4.78, 5) is 13.9. The molecule has 1 aliphatic rings. The zero-order valence-electron chi connectivity index (χ0n) is 15.5. The number of benzene rings is 3. The second-order valence-corrected chi connectivity index (χ2v) is 7.61. The van der Waals surface area contributed by atoms with Crippen LogP contribution in [0.5, 0.6) is 0 Å². The molecule has 4 heteroatoms. The Bertz CT molecular complexity index is 939. The predicted molar refractivity (Wildman–Crippen MR) is 113 cm³/mol. The van der Waals surface area contributed by atoms with Gasteiger partial charge in [0.1, 0.15) is 6.04 Å². The van der Waals surface area contributed by atoms with Gasteiger partial charge in [-0.3, -0.25) is 9.69 Å². The summed E-state index contributed by atoms with van der Waals surface area (Å²) >= 11 is 6.08. The highest BCUT2D eigenvalue weighted by Gasteiger charge is 2.36. The minimum atomic E-state index is -0.752. The van der Waals surface area contributed by atoms with Crippen molar-refractivity contribution in [3.05, 3.63) is 95.0 Å². The summed E-state index contributed by atoms with van der Waals surface area (Å²) in [5, 5.41) is 10.4. The lowest BCUT2D eigenvalue weighted by molar-refractivity contribution is -0.142. The standard InChI is InChI=1S/C24H22ClNO2/c25-21-14-12-20(13-15-21)23(26-16-4-7-22(26)24(27)28)19-10-8-18(9-11-19)17-5-2-1-3-6-17/h1-3,5-6,8-15,22-23H,4,7,16H2,(H,27,28). The van der Waals surface area contributed by atoms with E-state index >= 15 is 0 Å². The first-order valence-electron chi connectivity index (χ1n) is 9.53. The second kappa shape index (κ2) is 8.17. The van der Waals surface area contributed by atoms with E-state index < -0.39 is 12.0 Å². The molecule has 1 heterocycles. The van der Waals surface area contributed by atoms with Crippen LogP contribution >= 0.6 is 11.6 Å². The molecule has 28 heavy (non-hydrogen) atoms. The summed E-state index contributed by atoms with van der Waals surface area (Å²) in [7, 11) is 0. The average molecular weight is 392 g/mol. The van der Waals surface area contributed by atoms with E-state index in [0.717, 1.165) is 29.7 Å². The van der Waals surface area contributed by atoms with E-state index in [0.29, 0.717) is 11.4 Å². The highest BCUT2D eigenvalue weighted by Crippen LogP contribution is 2.36.